The Hall–Kier alpha value is -0.730. The summed E-state index contributed by atoms with van der Waals surface area (Å²) < 4.78 is 0. The van der Waals surface area contributed by atoms with Crippen molar-refractivity contribution in [2.45, 2.75) is 5.88 Å². The molecule has 0 aliphatic rings. The molecule has 12 heavy (non-hydrogen) atoms. The lowest BCUT2D eigenvalue weighted by atomic mass is 10.2. The Kier molecular flexibility index (Phi) is 1.95. The molecule has 0 saturated heterocycles. The number of nitrogens with zero attached hydrogens (tertiary/aromatic N) is 1. The zero-order chi connectivity index (χ0) is 8.55. The SMILES string of the molecule is ClCc1ccc2c(Cl)[nH]nc2c1. The van der Waals surface area contributed by atoms with Crippen molar-refractivity contribution < 1.29 is 0 Å². The molecule has 1 aromatic carbocycles. The predicted molar refractivity (Wildman–Crippen MR) is 50.7 cm³/mol. The number of hydrogen-bond acceptors (Lipinski definition) is 1. The van der Waals surface area contributed by atoms with Crippen LogP contribution in [0, 0.1) is 0 Å². The molecule has 2 nitrogen and oxygen atoms in total. The van der Waals surface area contributed by atoms with E-state index in [0.29, 0.717) is 11.0 Å². The second-order valence-electron chi connectivity index (χ2n) is 2.52. The van der Waals surface area contributed by atoms with E-state index in [4.69, 9.17) is 23.2 Å². The minimum absolute atomic E-state index is 0.500. The maximum atomic E-state index is 5.82. The van der Waals surface area contributed by atoms with Crippen molar-refractivity contribution in [1.82, 2.24) is 10.2 Å². The van der Waals surface area contributed by atoms with Gasteiger partial charge in [-0.05, 0) is 17.7 Å². The number of hydrogen-bond donors (Lipinski definition) is 1. The van der Waals surface area contributed by atoms with Crippen molar-refractivity contribution in [2.24, 2.45) is 0 Å². The summed E-state index contributed by atoms with van der Waals surface area (Å²) in [6, 6.07) is 5.78. The van der Waals surface area contributed by atoms with Gasteiger partial charge in [0.2, 0.25) is 0 Å². The average Bonchev–Trinajstić information content (AvgIpc) is 2.47. The summed E-state index contributed by atoms with van der Waals surface area (Å²) in [6.45, 7) is 0. The molecule has 0 amide bonds. The highest BCUT2D eigenvalue weighted by Gasteiger charge is 2.02. The Labute approximate surface area is 79.5 Å². The second kappa shape index (κ2) is 2.96. The third-order valence-corrected chi connectivity index (χ3v) is 2.32. The Balaban J connectivity index is 2.69. The van der Waals surface area contributed by atoms with Crippen LogP contribution in [-0.4, -0.2) is 10.2 Å². The van der Waals surface area contributed by atoms with E-state index in [1.165, 1.54) is 0 Å². The Bertz CT molecular complexity index is 408. The third kappa shape index (κ3) is 1.17. The van der Waals surface area contributed by atoms with E-state index in [2.05, 4.69) is 10.2 Å². The first-order chi connectivity index (χ1) is 5.81. The molecule has 0 aliphatic carbocycles. The molecule has 1 N–H and O–H groups in total. The zero-order valence-electron chi connectivity index (χ0n) is 6.14. The summed E-state index contributed by atoms with van der Waals surface area (Å²) in [6.07, 6.45) is 0. The number of aromatic nitrogens is 2. The van der Waals surface area contributed by atoms with Crippen LogP contribution in [-0.2, 0) is 5.88 Å². The summed E-state index contributed by atoms with van der Waals surface area (Å²) in [4.78, 5) is 0. The summed E-state index contributed by atoms with van der Waals surface area (Å²) in [5.74, 6) is 0.500. The minimum atomic E-state index is 0.500. The Morgan fingerprint density at radius 3 is 3.00 bits per heavy atom. The van der Waals surface area contributed by atoms with Gasteiger partial charge in [-0.15, -0.1) is 11.6 Å². The third-order valence-electron chi connectivity index (χ3n) is 1.73. The van der Waals surface area contributed by atoms with Gasteiger partial charge in [0, 0.05) is 11.3 Å². The van der Waals surface area contributed by atoms with Crippen LogP contribution in [0.25, 0.3) is 10.9 Å². The van der Waals surface area contributed by atoms with Crippen molar-refractivity contribution >= 4 is 34.1 Å². The molecule has 0 aliphatic heterocycles. The van der Waals surface area contributed by atoms with Gasteiger partial charge >= 0.3 is 0 Å². The lowest BCUT2D eigenvalue weighted by Crippen LogP contribution is -1.76. The van der Waals surface area contributed by atoms with Gasteiger partial charge in [-0.25, -0.2) is 0 Å². The van der Waals surface area contributed by atoms with Crippen LogP contribution in [0.5, 0.6) is 0 Å². The molecule has 0 atom stereocenters. The molecule has 4 heteroatoms. The topological polar surface area (TPSA) is 28.7 Å². The Morgan fingerprint density at radius 2 is 2.25 bits per heavy atom. The van der Waals surface area contributed by atoms with Crippen LogP contribution in [0.4, 0.5) is 0 Å². The first-order valence-electron chi connectivity index (χ1n) is 3.50. The first kappa shape index (κ1) is 7.90. The van der Waals surface area contributed by atoms with E-state index in [1.54, 1.807) is 0 Å². The molecule has 0 spiro atoms. The lowest BCUT2D eigenvalue weighted by molar-refractivity contribution is 1.12. The standard InChI is InChI=1S/C8H6Cl2N2/c9-4-5-1-2-6-7(3-5)11-12-8(6)10/h1-3H,4H2,(H,11,12). The summed E-state index contributed by atoms with van der Waals surface area (Å²) in [5, 5.41) is 8.22. The van der Waals surface area contributed by atoms with Crippen LogP contribution < -0.4 is 0 Å². The normalized spacial score (nSPS) is 10.8. The molecule has 2 aromatic rings. The number of nitrogens with one attached hydrogen (secondary N) is 1. The quantitative estimate of drug-likeness (QED) is 0.706. The molecule has 0 bridgehead atoms. The number of fused-ring (bicyclic) bond motifs is 1. The van der Waals surface area contributed by atoms with Gasteiger partial charge in [0.15, 0.2) is 0 Å². The van der Waals surface area contributed by atoms with Crippen LogP contribution in [0.2, 0.25) is 5.15 Å². The Morgan fingerprint density at radius 1 is 1.42 bits per heavy atom. The van der Waals surface area contributed by atoms with Crippen molar-refractivity contribution in [3.8, 4) is 0 Å². The number of benzene rings is 1. The fourth-order valence-corrected chi connectivity index (χ4v) is 1.48. The van der Waals surface area contributed by atoms with Crippen LogP contribution in [0.3, 0.4) is 0 Å². The van der Waals surface area contributed by atoms with Crippen molar-refractivity contribution in [3.05, 3.63) is 28.9 Å². The van der Waals surface area contributed by atoms with E-state index in [1.807, 2.05) is 18.2 Å². The number of rotatable bonds is 1. The van der Waals surface area contributed by atoms with Gasteiger partial charge in [-0.3, -0.25) is 5.10 Å². The molecule has 0 fully saturated rings. The molecular weight excluding hydrogens is 195 g/mol. The monoisotopic (exact) mass is 200 g/mol. The largest absolute Gasteiger partial charge is 0.266 e. The van der Waals surface area contributed by atoms with E-state index in [-0.39, 0.29) is 0 Å². The summed E-state index contributed by atoms with van der Waals surface area (Å²) in [7, 11) is 0. The predicted octanol–water partition coefficient (Wildman–Crippen LogP) is 2.96. The highest BCUT2D eigenvalue weighted by atomic mass is 35.5. The summed E-state index contributed by atoms with van der Waals surface area (Å²) in [5.41, 5.74) is 1.91. The van der Waals surface area contributed by atoms with Gasteiger partial charge in [-0.1, -0.05) is 17.7 Å². The van der Waals surface area contributed by atoms with Crippen LogP contribution >= 0.6 is 23.2 Å². The molecule has 0 unspecified atom stereocenters. The molecule has 1 heterocycles. The maximum absolute atomic E-state index is 5.82. The van der Waals surface area contributed by atoms with Crippen molar-refractivity contribution in [2.75, 3.05) is 0 Å². The number of alkyl halides is 1. The van der Waals surface area contributed by atoms with Gasteiger partial charge in [-0.2, -0.15) is 5.10 Å². The fourth-order valence-electron chi connectivity index (χ4n) is 1.11. The highest BCUT2D eigenvalue weighted by molar-refractivity contribution is 6.34. The molecule has 1 aromatic heterocycles. The van der Waals surface area contributed by atoms with E-state index in [9.17, 15) is 0 Å². The maximum Gasteiger partial charge on any atom is 0.132 e. The number of H-pyrrole nitrogens is 1. The van der Waals surface area contributed by atoms with E-state index in [0.717, 1.165) is 16.5 Å². The minimum Gasteiger partial charge on any atom is -0.266 e. The lowest BCUT2D eigenvalue weighted by Gasteiger charge is -1.92. The summed E-state index contributed by atoms with van der Waals surface area (Å²) >= 11 is 11.5. The number of halogens is 2. The van der Waals surface area contributed by atoms with E-state index < -0.39 is 0 Å². The fraction of sp³-hybridized carbons (Fsp3) is 0.125. The number of aromatic amines is 1. The van der Waals surface area contributed by atoms with E-state index >= 15 is 0 Å². The van der Waals surface area contributed by atoms with Gasteiger partial charge in [0.05, 0.1) is 5.52 Å². The molecular formula is C8H6Cl2N2. The molecule has 0 saturated carbocycles. The van der Waals surface area contributed by atoms with Crippen molar-refractivity contribution in [3.63, 3.8) is 0 Å². The second-order valence-corrected chi connectivity index (χ2v) is 3.17. The van der Waals surface area contributed by atoms with Crippen LogP contribution in [0.15, 0.2) is 18.2 Å². The van der Waals surface area contributed by atoms with Crippen LogP contribution in [0.1, 0.15) is 5.56 Å². The zero-order valence-corrected chi connectivity index (χ0v) is 7.65. The van der Waals surface area contributed by atoms with Gasteiger partial charge in [0.1, 0.15) is 5.15 Å². The smallest absolute Gasteiger partial charge is 0.132 e. The van der Waals surface area contributed by atoms with Crippen molar-refractivity contribution in [1.29, 1.82) is 0 Å². The highest BCUT2D eigenvalue weighted by Crippen LogP contribution is 2.21. The molecule has 0 radical (unpaired) electrons. The molecule has 2 rings (SSSR count). The van der Waals surface area contributed by atoms with Gasteiger partial charge in [0.25, 0.3) is 0 Å². The van der Waals surface area contributed by atoms with Gasteiger partial charge < -0.3 is 0 Å². The average molecular weight is 201 g/mol. The first-order valence-corrected chi connectivity index (χ1v) is 4.41. The molecule has 62 valence electrons.